The zero-order valence-electron chi connectivity index (χ0n) is 9.85. The third kappa shape index (κ3) is 1.20. The molecule has 1 N–H and O–H groups in total. The van der Waals surface area contributed by atoms with Crippen LogP contribution in [-0.2, 0) is 11.2 Å². The van der Waals surface area contributed by atoms with Gasteiger partial charge in [0.1, 0.15) is 6.10 Å². The number of benzene rings is 1. The molecule has 2 aliphatic rings. The number of H-pyrrole nitrogens is 1. The van der Waals surface area contributed by atoms with E-state index in [-0.39, 0.29) is 11.9 Å². The minimum atomic E-state index is -0.598. The van der Waals surface area contributed by atoms with Gasteiger partial charge in [0.25, 0.3) is 0 Å². The summed E-state index contributed by atoms with van der Waals surface area (Å²) < 4.78 is 5.78. The van der Waals surface area contributed by atoms with Crippen LogP contribution in [-0.4, -0.2) is 16.4 Å². The lowest BCUT2D eigenvalue weighted by atomic mass is 9.80. The van der Waals surface area contributed by atoms with Gasteiger partial charge in [0.05, 0.1) is 0 Å². The molecule has 2 aromatic rings. The number of carbonyl (C=O) groups is 1. The molecule has 2 unspecified atom stereocenters. The van der Waals surface area contributed by atoms with Crippen molar-refractivity contribution in [1.82, 2.24) is 4.98 Å². The first kappa shape index (κ1) is 10.1. The molecule has 0 bridgehead atoms. The Morgan fingerprint density at radius 2 is 2.11 bits per heavy atom. The smallest absolute Gasteiger partial charge is 0.198 e. The van der Waals surface area contributed by atoms with E-state index in [0.29, 0.717) is 0 Å². The van der Waals surface area contributed by atoms with E-state index in [0.717, 1.165) is 29.7 Å². The van der Waals surface area contributed by atoms with Crippen LogP contribution in [0, 0.1) is 0 Å². The van der Waals surface area contributed by atoms with Gasteiger partial charge in [-0.3, -0.25) is 4.79 Å². The zero-order chi connectivity index (χ0) is 12.2. The van der Waals surface area contributed by atoms with Gasteiger partial charge >= 0.3 is 0 Å². The number of epoxide rings is 1. The lowest BCUT2D eigenvalue weighted by Crippen LogP contribution is -2.31. The first-order valence-electron chi connectivity index (χ1n) is 6.25. The first-order chi connectivity index (χ1) is 8.81. The van der Waals surface area contributed by atoms with Gasteiger partial charge in [-0.25, -0.2) is 0 Å². The van der Waals surface area contributed by atoms with E-state index in [1.54, 1.807) is 0 Å². The molecule has 1 spiro atoms. The van der Waals surface area contributed by atoms with E-state index in [2.05, 4.69) is 4.98 Å². The van der Waals surface area contributed by atoms with Crippen molar-refractivity contribution in [3.05, 3.63) is 59.4 Å². The van der Waals surface area contributed by atoms with Crippen molar-refractivity contribution in [2.75, 3.05) is 0 Å². The molecule has 1 aliphatic carbocycles. The Balaban J connectivity index is 1.73. The second-order valence-corrected chi connectivity index (χ2v) is 5.00. The molecule has 0 saturated carbocycles. The zero-order valence-corrected chi connectivity index (χ0v) is 9.85. The topological polar surface area (TPSA) is 45.4 Å². The van der Waals surface area contributed by atoms with Crippen molar-refractivity contribution < 1.29 is 9.53 Å². The largest absolute Gasteiger partial charge is 0.363 e. The number of aromatic nitrogens is 1. The summed E-state index contributed by atoms with van der Waals surface area (Å²) in [5.41, 5.74) is 2.38. The molecule has 1 aliphatic heterocycles. The highest BCUT2D eigenvalue weighted by molar-refractivity contribution is 6.06. The highest BCUT2D eigenvalue weighted by Gasteiger charge is 2.64. The van der Waals surface area contributed by atoms with Crippen LogP contribution in [0.5, 0.6) is 0 Å². The molecule has 0 amide bonds. The molecule has 2 heterocycles. The van der Waals surface area contributed by atoms with E-state index in [1.165, 1.54) is 0 Å². The van der Waals surface area contributed by atoms with Crippen molar-refractivity contribution in [3.63, 3.8) is 0 Å². The van der Waals surface area contributed by atoms with E-state index >= 15 is 0 Å². The maximum absolute atomic E-state index is 12.6. The van der Waals surface area contributed by atoms with Crippen LogP contribution in [0.15, 0.2) is 42.6 Å². The molecule has 1 aromatic carbocycles. The molecule has 1 saturated heterocycles. The van der Waals surface area contributed by atoms with Gasteiger partial charge in [-0.1, -0.05) is 24.3 Å². The molecule has 3 heteroatoms. The Labute approximate surface area is 105 Å². The molecule has 2 atom stereocenters. The molecule has 1 aromatic heterocycles. The number of aryl methyl sites for hydroxylation is 1. The maximum Gasteiger partial charge on any atom is 0.198 e. The highest BCUT2D eigenvalue weighted by Crippen LogP contribution is 2.55. The van der Waals surface area contributed by atoms with Gasteiger partial charge in [-0.05, 0) is 30.5 Å². The van der Waals surface area contributed by atoms with Gasteiger partial charge in [0.2, 0.25) is 0 Å². The van der Waals surface area contributed by atoms with Gasteiger partial charge in [0.15, 0.2) is 11.4 Å². The lowest BCUT2D eigenvalue weighted by Gasteiger charge is -2.20. The number of hydrogen-bond acceptors (Lipinski definition) is 2. The Morgan fingerprint density at radius 3 is 2.94 bits per heavy atom. The summed E-state index contributed by atoms with van der Waals surface area (Å²) >= 11 is 0. The summed E-state index contributed by atoms with van der Waals surface area (Å²) in [6.07, 6.45) is 3.48. The molecule has 4 rings (SSSR count). The van der Waals surface area contributed by atoms with Crippen molar-refractivity contribution in [2.45, 2.75) is 24.5 Å². The average molecular weight is 239 g/mol. The van der Waals surface area contributed by atoms with E-state index in [4.69, 9.17) is 4.74 Å². The summed E-state index contributed by atoms with van der Waals surface area (Å²) in [6, 6.07) is 11.8. The van der Waals surface area contributed by atoms with E-state index in [1.807, 2.05) is 42.6 Å². The third-order valence-electron chi connectivity index (χ3n) is 4.01. The SMILES string of the molecule is O=C1c2ccccc2CCC12OC2c1ccc[nH]1. The Morgan fingerprint density at radius 1 is 1.22 bits per heavy atom. The lowest BCUT2D eigenvalue weighted by molar-refractivity contribution is 0.0850. The number of Topliss-reactive ketones (excluding diaryl/α,β-unsaturated/α-hetero) is 1. The predicted octanol–water partition coefficient (Wildman–Crippen LogP) is 2.65. The summed E-state index contributed by atoms with van der Waals surface area (Å²) in [6.45, 7) is 0. The van der Waals surface area contributed by atoms with Crippen LogP contribution in [0.4, 0.5) is 0 Å². The number of carbonyl (C=O) groups excluding carboxylic acids is 1. The number of aromatic amines is 1. The van der Waals surface area contributed by atoms with Crippen LogP contribution in [0.1, 0.15) is 34.1 Å². The number of ether oxygens (including phenoxy) is 1. The molecule has 3 nitrogen and oxygen atoms in total. The quantitative estimate of drug-likeness (QED) is 0.777. The monoisotopic (exact) mass is 239 g/mol. The van der Waals surface area contributed by atoms with E-state index < -0.39 is 5.60 Å². The number of nitrogens with one attached hydrogen (secondary N) is 1. The van der Waals surface area contributed by atoms with Crippen LogP contribution >= 0.6 is 0 Å². The van der Waals surface area contributed by atoms with Crippen LogP contribution in [0.2, 0.25) is 0 Å². The molecule has 18 heavy (non-hydrogen) atoms. The predicted molar refractivity (Wildman–Crippen MR) is 66.4 cm³/mol. The summed E-state index contributed by atoms with van der Waals surface area (Å²) in [5, 5.41) is 0. The van der Waals surface area contributed by atoms with Gasteiger partial charge < -0.3 is 9.72 Å². The summed E-state index contributed by atoms with van der Waals surface area (Å²) in [7, 11) is 0. The average Bonchev–Trinajstić information content (AvgIpc) is 2.87. The normalized spacial score (nSPS) is 29.3. The van der Waals surface area contributed by atoms with Gasteiger partial charge in [0, 0.05) is 17.5 Å². The number of fused-ring (bicyclic) bond motifs is 1. The minimum Gasteiger partial charge on any atom is -0.363 e. The van der Waals surface area contributed by atoms with Crippen molar-refractivity contribution in [2.24, 2.45) is 0 Å². The molecule has 0 radical (unpaired) electrons. The summed E-state index contributed by atoms with van der Waals surface area (Å²) in [5.74, 6) is 0.143. The van der Waals surface area contributed by atoms with Crippen LogP contribution < -0.4 is 0 Å². The molecule has 90 valence electrons. The third-order valence-corrected chi connectivity index (χ3v) is 4.01. The number of hydrogen-bond donors (Lipinski definition) is 1. The van der Waals surface area contributed by atoms with Crippen molar-refractivity contribution in [3.8, 4) is 0 Å². The Hall–Kier alpha value is -1.87. The van der Waals surface area contributed by atoms with Gasteiger partial charge in [-0.2, -0.15) is 0 Å². The molecular weight excluding hydrogens is 226 g/mol. The fourth-order valence-corrected chi connectivity index (χ4v) is 2.98. The Kier molecular flexibility index (Phi) is 1.87. The maximum atomic E-state index is 12.6. The van der Waals surface area contributed by atoms with Crippen molar-refractivity contribution >= 4 is 5.78 Å². The van der Waals surface area contributed by atoms with Crippen LogP contribution in [0.25, 0.3) is 0 Å². The minimum absolute atomic E-state index is 0.0895. The fourth-order valence-electron chi connectivity index (χ4n) is 2.98. The summed E-state index contributed by atoms with van der Waals surface area (Å²) in [4.78, 5) is 15.7. The second kappa shape index (κ2) is 3.33. The fraction of sp³-hybridized carbons (Fsp3) is 0.267. The van der Waals surface area contributed by atoms with Gasteiger partial charge in [-0.15, -0.1) is 0 Å². The highest BCUT2D eigenvalue weighted by atomic mass is 16.6. The van der Waals surface area contributed by atoms with Crippen LogP contribution in [0.3, 0.4) is 0 Å². The van der Waals surface area contributed by atoms with E-state index in [9.17, 15) is 4.79 Å². The number of rotatable bonds is 1. The second-order valence-electron chi connectivity index (χ2n) is 5.00. The number of ketones is 1. The Bertz CT molecular complexity index is 617. The molecular formula is C15H13NO2. The standard InChI is InChI=1S/C15H13NO2/c17-13-11-5-2-1-4-10(11)7-8-15(13)14(18-15)12-6-3-9-16-12/h1-6,9,14,16H,7-8H2. The van der Waals surface area contributed by atoms with Crippen molar-refractivity contribution in [1.29, 1.82) is 0 Å². The molecule has 1 fully saturated rings. The first-order valence-corrected chi connectivity index (χ1v) is 6.25.